The third kappa shape index (κ3) is 6.95. The summed E-state index contributed by atoms with van der Waals surface area (Å²) >= 11 is 12.6. The first-order chi connectivity index (χ1) is 20.7. The number of aliphatic hydroxyl groups is 1. The molecule has 5 rings (SSSR count). The molecule has 2 heterocycles. The monoisotopic (exact) mass is 626 g/mol. The Morgan fingerprint density at radius 3 is 1.98 bits per heavy atom. The van der Waals surface area contributed by atoms with Crippen LogP contribution in [0, 0.1) is 0 Å². The van der Waals surface area contributed by atoms with Crippen molar-refractivity contribution in [3.63, 3.8) is 0 Å². The molecule has 0 radical (unpaired) electrons. The molecule has 2 atom stereocenters. The van der Waals surface area contributed by atoms with Gasteiger partial charge >= 0.3 is 0 Å². The first-order valence-electron chi connectivity index (χ1n) is 14.9. The second-order valence-corrected chi connectivity index (χ2v) is 12.1. The van der Waals surface area contributed by atoms with E-state index in [-0.39, 0.29) is 30.7 Å². The highest BCUT2D eigenvalue weighted by atomic mass is 35.5. The van der Waals surface area contributed by atoms with Crippen LogP contribution >= 0.6 is 23.2 Å². The van der Waals surface area contributed by atoms with Crippen LogP contribution in [0.15, 0.2) is 66.7 Å². The van der Waals surface area contributed by atoms with Crippen molar-refractivity contribution in [1.82, 2.24) is 20.4 Å². The SMILES string of the molecule is CCOc1ccc(OC(C)C)c(C2(C(=O)N3CCN(CCO)CC3)NC(c3ccc(Cl)cc3)C(c3ccc(Cl)cc3)N2)c1. The van der Waals surface area contributed by atoms with Crippen molar-refractivity contribution in [3.05, 3.63) is 93.5 Å². The molecule has 3 aromatic rings. The molecular weight excluding hydrogens is 587 g/mol. The van der Waals surface area contributed by atoms with Gasteiger partial charge in [-0.05, 0) is 74.4 Å². The van der Waals surface area contributed by atoms with Gasteiger partial charge in [0.05, 0.1) is 31.4 Å². The quantitative estimate of drug-likeness (QED) is 0.287. The first-order valence-corrected chi connectivity index (χ1v) is 15.6. The van der Waals surface area contributed by atoms with Crippen LogP contribution in [0.4, 0.5) is 0 Å². The molecule has 0 saturated carbocycles. The fourth-order valence-electron chi connectivity index (χ4n) is 5.93. The van der Waals surface area contributed by atoms with Crippen LogP contribution in [0.1, 0.15) is 49.5 Å². The molecule has 43 heavy (non-hydrogen) atoms. The van der Waals surface area contributed by atoms with Gasteiger partial charge in [0.1, 0.15) is 11.5 Å². The lowest BCUT2D eigenvalue weighted by molar-refractivity contribution is -0.141. The van der Waals surface area contributed by atoms with Crippen molar-refractivity contribution in [3.8, 4) is 11.5 Å². The summed E-state index contributed by atoms with van der Waals surface area (Å²) in [5, 5.41) is 18.3. The zero-order chi connectivity index (χ0) is 30.6. The lowest BCUT2D eigenvalue weighted by atomic mass is 9.95. The summed E-state index contributed by atoms with van der Waals surface area (Å²) in [6.07, 6.45) is -0.119. The summed E-state index contributed by atoms with van der Waals surface area (Å²) in [4.78, 5) is 19.0. The number of hydrogen-bond donors (Lipinski definition) is 3. The molecule has 0 bridgehead atoms. The lowest BCUT2D eigenvalue weighted by Gasteiger charge is -2.40. The highest BCUT2D eigenvalue weighted by Crippen LogP contribution is 2.45. The van der Waals surface area contributed by atoms with E-state index in [4.69, 9.17) is 32.7 Å². The minimum Gasteiger partial charge on any atom is -0.494 e. The Balaban J connectivity index is 1.66. The molecule has 3 aromatic carbocycles. The van der Waals surface area contributed by atoms with E-state index in [0.29, 0.717) is 66.4 Å². The Kier molecular flexibility index (Phi) is 10.2. The number of ether oxygens (including phenoxy) is 2. The molecule has 2 aliphatic heterocycles. The Morgan fingerprint density at radius 2 is 1.49 bits per heavy atom. The van der Waals surface area contributed by atoms with E-state index in [1.54, 1.807) is 0 Å². The van der Waals surface area contributed by atoms with E-state index < -0.39 is 5.66 Å². The lowest BCUT2D eigenvalue weighted by Crippen LogP contribution is -2.62. The summed E-state index contributed by atoms with van der Waals surface area (Å²) in [7, 11) is 0. The topological polar surface area (TPSA) is 86.3 Å². The van der Waals surface area contributed by atoms with Gasteiger partial charge in [-0.3, -0.25) is 20.3 Å². The van der Waals surface area contributed by atoms with E-state index in [1.807, 2.05) is 92.4 Å². The molecule has 8 nitrogen and oxygen atoms in total. The maximum absolute atomic E-state index is 15.0. The molecule has 2 saturated heterocycles. The van der Waals surface area contributed by atoms with Crippen molar-refractivity contribution in [2.45, 2.75) is 44.6 Å². The number of aliphatic hydroxyl groups excluding tert-OH is 1. The third-order valence-corrected chi connectivity index (χ3v) is 8.46. The van der Waals surface area contributed by atoms with E-state index >= 15 is 0 Å². The maximum Gasteiger partial charge on any atom is 0.262 e. The third-order valence-electron chi connectivity index (χ3n) is 7.96. The zero-order valence-electron chi connectivity index (χ0n) is 24.9. The summed E-state index contributed by atoms with van der Waals surface area (Å²) < 4.78 is 12.3. The number of halogens is 2. The van der Waals surface area contributed by atoms with Gasteiger partial charge in [-0.2, -0.15) is 0 Å². The van der Waals surface area contributed by atoms with Gasteiger partial charge < -0.3 is 19.5 Å². The van der Waals surface area contributed by atoms with Crippen molar-refractivity contribution >= 4 is 29.1 Å². The number of β-amino-alcohol motifs (C(OH)–C–C–N with tert-alkyl or cyclic N) is 1. The number of rotatable bonds is 10. The Labute approximate surface area is 263 Å². The van der Waals surface area contributed by atoms with E-state index in [9.17, 15) is 9.90 Å². The molecule has 1 amide bonds. The van der Waals surface area contributed by atoms with Crippen LogP contribution in [0.5, 0.6) is 11.5 Å². The molecule has 0 aliphatic carbocycles. The van der Waals surface area contributed by atoms with E-state index in [0.717, 1.165) is 11.1 Å². The largest absolute Gasteiger partial charge is 0.494 e. The smallest absolute Gasteiger partial charge is 0.262 e. The molecule has 3 N–H and O–H groups in total. The first kappa shape index (κ1) is 31.6. The Morgan fingerprint density at radius 1 is 0.930 bits per heavy atom. The number of nitrogens with zero attached hydrogens (tertiary/aromatic N) is 2. The number of piperazine rings is 1. The average molecular weight is 628 g/mol. The predicted molar refractivity (Wildman–Crippen MR) is 170 cm³/mol. The summed E-state index contributed by atoms with van der Waals surface area (Å²) in [5.74, 6) is 1.14. The maximum atomic E-state index is 15.0. The fraction of sp³-hybridized carbons (Fsp3) is 0.424. The minimum absolute atomic E-state index is 0.0899. The van der Waals surface area contributed by atoms with Crippen LogP contribution in [-0.4, -0.2) is 72.9 Å². The van der Waals surface area contributed by atoms with Gasteiger partial charge in [-0.1, -0.05) is 47.5 Å². The number of carbonyl (C=O) groups excluding carboxylic acids is 1. The summed E-state index contributed by atoms with van der Waals surface area (Å²) in [6, 6.07) is 20.5. The van der Waals surface area contributed by atoms with Crippen molar-refractivity contribution in [2.75, 3.05) is 45.9 Å². The Bertz CT molecular complexity index is 1330. The molecule has 2 unspecified atom stereocenters. The van der Waals surface area contributed by atoms with Crippen LogP contribution in [0.2, 0.25) is 10.0 Å². The molecule has 10 heteroatoms. The molecule has 0 aromatic heterocycles. The zero-order valence-corrected chi connectivity index (χ0v) is 26.4. The molecule has 230 valence electrons. The fourth-order valence-corrected chi connectivity index (χ4v) is 6.18. The standard InChI is InChI=1S/C33H40Cl2N4O4/c1-4-42-27-13-14-29(43-22(2)3)28(21-27)33(32(41)39-17-15-38(16-18-39)19-20-40)36-30(23-5-9-25(34)10-6-23)31(37-33)24-7-11-26(35)12-8-24/h5-14,21-22,30-31,36-37,40H,4,15-20H2,1-3H3. The van der Waals surface area contributed by atoms with Gasteiger partial charge in [0, 0.05) is 48.3 Å². The van der Waals surface area contributed by atoms with Crippen LogP contribution in [0.3, 0.4) is 0 Å². The number of carbonyl (C=O) groups is 1. The average Bonchev–Trinajstić information content (AvgIpc) is 3.40. The highest BCUT2D eigenvalue weighted by Gasteiger charge is 2.54. The number of benzene rings is 3. The number of amides is 1. The van der Waals surface area contributed by atoms with E-state index in [2.05, 4.69) is 15.5 Å². The Hall–Kier alpha value is -2.85. The van der Waals surface area contributed by atoms with Gasteiger partial charge in [-0.25, -0.2) is 0 Å². The summed E-state index contributed by atoms with van der Waals surface area (Å²) in [5.41, 5.74) is 1.26. The predicted octanol–water partition coefficient (Wildman–Crippen LogP) is 5.14. The minimum atomic E-state index is -1.36. The summed E-state index contributed by atoms with van der Waals surface area (Å²) in [6.45, 7) is 9.46. The molecule has 2 aliphatic rings. The van der Waals surface area contributed by atoms with Gasteiger partial charge in [0.2, 0.25) is 0 Å². The van der Waals surface area contributed by atoms with Crippen molar-refractivity contribution in [1.29, 1.82) is 0 Å². The van der Waals surface area contributed by atoms with Gasteiger partial charge in [0.25, 0.3) is 5.91 Å². The van der Waals surface area contributed by atoms with Crippen molar-refractivity contribution < 1.29 is 19.4 Å². The highest BCUT2D eigenvalue weighted by molar-refractivity contribution is 6.30. The van der Waals surface area contributed by atoms with Crippen LogP contribution in [-0.2, 0) is 10.5 Å². The second kappa shape index (κ2) is 13.8. The second-order valence-electron chi connectivity index (χ2n) is 11.2. The molecular formula is C33H40Cl2N4O4. The van der Waals surface area contributed by atoms with Crippen LogP contribution < -0.4 is 20.1 Å². The van der Waals surface area contributed by atoms with Crippen molar-refractivity contribution in [2.24, 2.45) is 0 Å². The molecule has 0 spiro atoms. The van der Waals surface area contributed by atoms with E-state index in [1.165, 1.54) is 0 Å². The van der Waals surface area contributed by atoms with Crippen LogP contribution in [0.25, 0.3) is 0 Å². The van der Waals surface area contributed by atoms with Gasteiger partial charge in [0.15, 0.2) is 5.66 Å². The molecule has 2 fully saturated rings. The normalized spacial score (nSPS) is 22.6. The number of hydrogen-bond acceptors (Lipinski definition) is 7. The number of nitrogens with one attached hydrogen (secondary N) is 2. The van der Waals surface area contributed by atoms with Gasteiger partial charge in [-0.15, -0.1) is 0 Å².